The topological polar surface area (TPSA) is 56.0 Å². The van der Waals surface area contributed by atoms with Gasteiger partial charge in [0.2, 0.25) is 0 Å². The van der Waals surface area contributed by atoms with E-state index in [1.807, 2.05) is 0 Å². The van der Waals surface area contributed by atoms with Crippen LogP contribution in [0.4, 0.5) is 14.5 Å². The zero-order valence-corrected chi connectivity index (χ0v) is 13.1. The highest BCUT2D eigenvalue weighted by molar-refractivity contribution is 5.73. The molecule has 1 fully saturated rings. The van der Waals surface area contributed by atoms with Gasteiger partial charge in [0.05, 0.1) is 11.8 Å². The Hall–Kier alpha value is -2.45. The molecule has 1 saturated carbocycles. The van der Waals surface area contributed by atoms with E-state index in [2.05, 4.69) is 5.32 Å². The lowest BCUT2D eigenvalue weighted by molar-refractivity contribution is 0.126. The molecule has 3 rings (SSSR count). The number of anilines is 1. The third-order valence-corrected chi connectivity index (χ3v) is 4.46. The fourth-order valence-electron chi connectivity index (χ4n) is 3.12. The molecule has 5 heteroatoms. The molecule has 0 spiro atoms. The number of aliphatic hydroxyl groups is 1. The van der Waals surface area contributed by atoms with Gasteiger partial charge in [0.1, 0.15) is 17.4 Å². The quantitative estimate of drug-likeness (QED) is 0.887. The van der Waals surface area contributed by atoms with Crippen molar-refractivity contribution in [1.82, 2.24) is 0 Å². The van der Waals surface area contributed by atoms with Gasteiger partial charge in [-0.25, -0.2) is 8.78 Å². The second-order valence-electron chi connectivity index (χ2n) is 6.10. The van der Waals surface area contributed by atoms with Crippen molar-refractivity contribution in [2.24, 2.45) is 0 Å². The highest BCUT2D eigenvalue weighted by Crippen LogP contribution is 2.34. The summed E-state index contributed by atoms with van der Waals surface area (Å²) in [5.41, 5.74) is 0.294. The minimum atomic E-state index is -0.740. The van der Waals surface area contributed by atoms with Crippen molar-refractivity contribution in [3.05, 3.63) is 53.6 Å². The molecule has 124 valence electrons. The first-order valence-electron chi connectivity index (χ1n) is 8.02. The Kier molecular flexibility index (Phi) is 4.77. The minimum absolute atomic E-state index is 0.0829. The second-order valence-corrected chi connectivity index (χ2v) is 6.10. The van der Waals surface area contributed by atoms with Crippen LogP contribution in [0.1, 0.15) is 31.2 Å². The summed E-state index contributed by atoms with van der Waals surface area (Å²) in [6.45, 7) is 0. The highest BCUT2D eigenvalue weighted by Gasteiger charge is 2.24. The molecule has 0 atom stereocenters. The Morgan fingerprint density at radius 1 is 1.08 bits per heavy atom. The van der Waals surface area contributed by atoms with Gasteiger partial charge in [-0.2, -0.15) is 5.26 Å². The fourth-order valence-corrected chi connectivity index (χ4v) is 3.12. The highest BCUT2D eigenvalue weighted by atomic mass is 19.1. The standard InChI is InChI=1S/C19H18F2N2O/c20-17-10-15(12-4-2-1-3-5-12)18(21)19(16(17)11-22)23-13-6-8-14(24)9-7-13/h1-5,10,13-14,23-24H,6-9H2. The van der Waals surface area contributed by atoms with Crippen molar-refractivity contribution < 1.29 is 13.9 Å². The first kappa shape index (κ1) is 16.4. The number of aliphatic hydroxyl groups excluding tert-OH is 1. The number of nitrogens with one attached hydrogen (secondary N) is 1. The number of nitriles is 1. The Labute approximate surface area is 139 Å². The van der Waals surface area contributed by atoms with Gasteiger partial charge in [-0.15, -0.1) is 0 Å². The average Bonchev–Trinajstić information content (AvgIpc) is 2.60. The number of hydrogen-bond acceptors (Lipinski definition) is 3. The van der Waals surface area contributed by atoms with E-state index in [-0.39, 0.29) is 29.0 Å². The number of nitrogens with zero attached hydrogens (tertiary/aromatic N) is 1. The molecule has 24 heavy (non-hydrogen) atoms. The summed E-state index contributed by atoms with van der Waals surface area (Å²) in [7, 11) is 0. The predicted molar refractivity (Wildman–Crippen MR) is 88.4 cm³/mol. The molecular weight excluding hydrogens is 310 g/mol. The van der Waals surface area contributed by atoms with Crippen LogP contribution in [-0.4, -0.2) is 17.3 Å². The summed E-state index contributed by atoms with van der Waals surface area (Å²) in [4.78, 5) is 0. The van der Waals surface area contributed by atoms with Gasteiger partial charge in [-0.3, -0.25) is 0 Å². The molecule has 3 nitrogen and oxygen atoms in total. The third-order valence-electron chi connectivity index (χ3n) is 4.46. The average molecular weight is 328 g/mol. The SMILES string of the molecule is N#Cc1c(F)cc(-c2ccccc2)c(F)c1NC1CCC(O)CC1. The third kappa shape index (κ3) is 3.24. The molecule has 0 saturated heterocycles. The zero-order chi connectivity index (χ0) is 17.1. The summed E-state index contributed by atoms with van der Waals surface area (Å²) < 4.78 is 29.3. The van der Waals surface area contributed by atoms with Crippen LogP contribution in [-0.2, 0) is 0 Å². The van der Waals surface area contributed by atoms with E-state index in [1.165, 1.54) is 0 Å². The minimum Gasteiger partial charge on any atom is -0.393 e. The fraction of sp³-hybridized carbons (Fsp3) is 0.316. The second kappa shape index (κ2) is 6.98. The van der Waals surface area contributed by atoms with Crippen molar-refractivity contribution in [1.29, 1.82) is 5.26 Å². The van der Waals surface area contributed by atoms with Crippen molar-refractivity contribution in [2.45, 2.75) is 37.8 Å². The molecule has 1 aliphatic carbocycles. The maximum absolute atomic E-state index is 15.0. The van der Waals surface area contributed by atoms with Crippen molar-refractivity contribution in [2.75, 3.05) is 5.32 Å². The van der Waals surface area contributed by atoms with Crippen LogP contribution in [0, 0.1) is 23.0 Å². The van der Waals surface area contributed by atoms with Crippen LogP contribution in [0.25, 0.3) is 11.1 Å². The lowest BCUT2D eigenvalue weighted by Crippen LogP contribution is -2.29. The molecule has 0 aliphatic heterocycles. The largest absolute Gasteiger partial charge is 0.393 e. The van der Waals surface area contributed by atoms with Gasteiger partial charge in [0.15, 0.2) is 5.82 Å². The monoisotopic (exact) mass is 328 g/mol. The molecule has 0 radical (unpaired) electrons. The summed E-state index contributed by atoms with van der Waals surface area (Å²) in [5.74, 6) is -1.36. The molecular formula is C19H18F2N2O. The number of benzene rings is 2. The number of halogens is 2. The maximum atomic E-state index is 15.0. The van der Waals surface area contributed by atoms with Crippen LogP contribution in [0.3, 0.4) is 0 Å². The van der Waals surface area contributed by atoms with Gasteiger partial charge < -0.3 is 10.4 Å². The van der Waals surface area contributed by atoms with Crippen LogP contribution in [0.5, 0.6) is 0 Å². The van der Waals surface area contributed by atoms with E-state index in [1.54, 1.807) is 36.4 Å². The van der Waals surface area contributed by atoms with E-state index in [0.29, 0.717) is 31.2 Å². The van der Waals surface area contributed by atoms with Crippen LogP contribution in [0.2, 0.25) is 0 Å². The van der Waals surface area contributed by atoms with E-state index in [9.17, 15) is 19.1 Å². The van der Waals surface area contributed by atoms with Gasteiger partial charge >= 0.3 is 0 Å². The summed E-state index contributed by atoms with van der Waals surface area (Å²) in [5, 5.41) is 21.8. The van der Waals surface area contributed by atoms with Gasteiger partial charge in [-0.05, 0) is 37.3 Å². The van der Waals surface area contributed by atoms with Crippen molar-refractivity contribution in [3.8, 4) is 17.2 Å². The van der Waals surface area contributed by atoms with Crippen molar-refractivity contribution in [3.63, 3.8) is 0 Å². The van der Waals surface area contributed by atoms with Crippen LogP contribution in [0.15, 0.2) is 36.4 Å². The molecule has 1 aliphatic rings. The Balaban J connectivity index is 2.00. The van der Waals surface area contributed by atoms with E-state index in [0.717, 1.165) is 6.07 Å². The Morgan fingerprint density at radius 2 is 1.75 bits per heavy atom. The predicted octanol–water partition coefficient (Wildman–Crippen LogP) is 4.22. The lowest BCUT2D eigenvalue weighted by Gasteiger charge is -2.28. The first-order valence-corrected chi connectivity index (χ1v) is 8.02. The van der Waals surface area contributed by atoms with Crippen molar-refractivity contribution >= 4 is 5.69 Å². The van der Waals surface area contributed by atoms with E-state index in [4.69, 9.17) is 0 Å². The molecule has 0 amide bonds. The Morgan fingerprint density at radius 3 is 2.38 bits per heavy atom. The normalized spacial score (nSPS) is 20.4. The number of rotatable bonds is 3. The molecule has 0 bridgehead atoms. The van der Waals surface area contributed by atoms with Crippen LogP contribution < -0.4 is 5.32 Å². The van der Waals surface area contributed by atoms with Gasteiger partial charge in [-0.1, -0.05) is 30.3 Å². The summed E-state index contributed by atoms with van der Waals surface area (Å²) in [6, 6.07) is 11.4. The zero-order valence-electron chi connectivity index (χ0n) is 13.1. The smallest absolute Gasteiger partial charge is 0.155 e. The first-order chi connectivity index (χ1) is 11.6. The lowest BCUT2D eigenvalue weighted by atomic mass is 9.92. The molecule has 2 N–H and O–H groups in total. The molecule has 0 unspecified atom stereocenters. The molecule has 2 aromatic rings. The number of hydrogen-bond donors (Lipinski definition) is 2. The van der Waals surface area contributed by atoms with Gasteiger partial charge in [0, 0.05) is 11.6 Å². The molecule has 0 heterocycles. The summed E-state index contributed by atoms with van der Waals surface area (Å²) in [6.07, 6.45) is 2.20. The van der Waals surface area contributed by atoms with E-state index < -0.39 is 11.6 Å². The van der Waals surface area contributed by atoms with Gasteiger partial charge in [0.25, 0.3) is 0 Å². The molecule has 0 aromatic heterocycles. The summed E-state index contributed by atoms with van der Waals surface area (Å²) >= 11 is 0. The molecule has 2 aromatic carbocycles. The van der Waals surface area contributed by atoms with E-state index >= 15 is 0 Å². The van der Waals surface area contributed by atoms with Crippen LogP contribution >= 0.6 is 0 Å². The maximum Gasteiger partial charge on any atom is 0.155 e. The Bertz CT molecular complexity index is 763.